The lowest BCUT2D eigenvalue weighted by molar-refractivity contribution is 0.163. The molecule has 2 N–H and O–H groups in total. The number of hydrogen-bond acceptors (Lipinski definition) is 2. The number of hydrogen-bond donors (Lipinski definition) is 1. The lowest BCUT2D eigenvalue weighted by Crippen LogP contribution is -2.39. The Morgan fingerprint density at radius 3 is 2.29 bits per heavy atom. The lowest BCUT2D eigenvalue weighted by atomic mass is 9.93. The maximum absolute atomic E-state index is 5.95. The molecule has 0 aromatic carbocycles. The molecule has 1 fully saturated rings. The van der Waals surface area contributed by atoms with Gasteiger partial charge in [-0.1, -0.05) is 27.7 Å². The highest BCUT2D eigenvalue weighted by Crippen LogP contribution is 2.22. The first-order valence-electron chi connectivity index (χ1n) is 6.00. The Bertz CT molecular complexity index is 166. The van der Waals surface area contributed by atoms with Gasteiger partial charge in [-0.2, -0.15) is 0 Å². The zero-order chi connectivity index (χ0) is 10.7. The third kappa shape index (κ3) is 3.25. The van der Waals surface area contributed by atoms with Crippen LogP contribution in [0.1, 0.15) is 40.5 Å². The largest absolute Gasteiger partial charge is 0.326 e. The highest BCUT2D eigenvalue weighted by Gasteiger charge is 2.28. The molecule has 2 nitrogen and oxygen atoms in total. The van der Waals surface area contributed by atoms with Crippen molar-refractivity contribution in [3.05, 3.63) is 0 Å². The van der Waals surface area contributed by atoms with Crippen LogP contribution in [-0.4, -0.2) is 30.1 Å². The summed E-state index contributed by atoms with van der Waals surface area (Å²) in [6.45, 7) is 11.6. The smallest absolute Gasteiger partial charge is 0.0180 e. The topological polar surface area (TPSA) is 29.3 Å². The fourth-order valence-electron chi connectivity index (χ4n) is 2.44. The molecular weight excluding hydrogens is 172 g/mol. The number of rotatable bonds is 4. The third-order valence-corrected chi connectivity index (χ3v) is 3.21. The molecule has 1 aliphatic rings. The zero-order valence-corrected chi connectivity index (χ0v) is 10.2. The van der Waals surface area contributed by atoms with Crippen molar-refractivity contribution < 1.29 is 0 Å². The molecular formula is C12H26N2. The van der Waals surface area contributed by atoms with E-state index in [0.29, 0.717) is 6.04 Å². The van der Waals surface area contributed by atoms with E-state index in [0.717, 1.165) is 24.4 Å². The van der Waals surface area contributed by atoms with Crippen molar-refractivity contribution in [2.45, 2.75) is 52.6 Å². The molecule has 2 unspecified atom stereocenters. The van der Waals surface area contributed by atoms with Gasteiger partial charge in [0.25, 0.3) is 0 Å². The van der Waals surface area contributed by atoms with Crippen LogP contribution < -0.4 is 5.73 Å². The first-order valence-corrected chi connectivity index (χ1v) is 6.00. The molecule has 1 aliphatic heterocycles. The first kappa shape index (κ1) is 12.0. The minimum atomic E-state index is 0.420. The van der Waals surface area contributed by atoms with E-state index >= 15 is 0 Å². The summed E-state index contributed by atoms with van der Waals surface area (Å²) in [5, 5.41) is 0. The molecule has 1 rings (SSSR count). The summed E-state index contributed by atoms with van der Waals surface area (Å²) < 4.78 is 0. The Morgan fingerprint density at radius 1 is 1.29 bits per heavy atom. The Morgan fingerprint density at radius 2 is 1.93 bits per heavy atom. The molecule has 0 saturated carbocycles. The third-order valence-electron chi connectivity index (χ3n) is 3.21. The van der Waals surface area contributed by atoms with E-state index < -0.39 is 0 Å². The summed E-state index contributed by atoms with van der Waals surface area (Å²) >= 11 is 0. The maximum Gasteiger partial charge on any atom is 0.0180 e. The Labute approximate surface area is 88.8 Å². The summed E-state index contributed by atoms with van der Waals surface area (Å²) in [4.78, 5) is 2.59. The van der Waals surface area contributed by atoms with E-state index in [2.05, 4.69) is 32.6 Å². The first-order chi connectivity index (χ1) is 6.50. The number of nitrogens with zero attached hydrogens (tertiary/aromatic N) is 1. The van der Waals surface area contributed by atoms with Crippen molar-refractivity contribution >= 4 is 0 Å². The van der Waals surface area contributed by atoms with Crippen LogP contribution in [0.25, 0.3) is 0 Å². The van der Waals surface area contributed by atoms with Gasteiger partial charge in [0.1, 0.15) is 0 Å². The van der Waals surface area contributed by atoms with E-state index in [1.54, 1.807) is 0 Å². The van der Waals surface area contributed by atoms with Crippen LogP contribution in [0, 0.1) is 11.8 Å². The fraction of sp³-hybridized carbons (Fsp3) is 1.00. The van der Waals surface area contributed by atoms with Crippen LogP contribution in [0.5, 0.6) is 0 Å². The summed E-state index contributed by atoms with van der Waals surface area (Å²) in [5.74, 6) is 1.54. The average Bonchev–Trinajstić information content (AvgIpc) is 2.46. The highest BCUT2D eigenvalue weighted by atomic mass is 15.2. The van der Waals surface area contributed by atoms with Gasteiger partial charge in [0.2, 0.25) is 0 Å². The van der Waals surface area contributed by atoms with Crippen LogP contribution in [-0.2, 0) is 0 Å². The van der Waals surface area contributed by atoms with Gasteiger partial charge in [0, 0.05) is 25.2 Å². The van der Waals surface area contributed by atoms with Crippen molar-refractivity contribution in [1.29, 1.82) is 0 Å². The van der Waals surface area contributed by atoms with Crippen LogP contribution in [0.15, 0.2) is 0 Å². The predicted octanol–water partition coefficient (Wildman–Crippen LogP) is 2.09. The van der Waals surface area contributed by atoms with E-state index in [1.807, 2.05) is 0 Å². The maximum atomic E-state index is 5.95. The predicted molar refractivity (Wildman–Crippen MR) is 62.2 cm³/mol. The fourth-order valence-corrected chi connectivity index (χ4v) is 2.44. The van der Waals surface area contributed by atoms with Gasteiger partial charge in [0.15, 0.2) is 0 Å². The molecule has 1 saturated heterocycles. The lowest BCUT2D eigenvalue weighted by Gasteiger charge is -2.32. The van der Waals surface area contributed by atoms with Gasteiger partial charge in [-0.15, -0.1) is 0 Å². The zero-order valence-electron chi connectivity index (χ0n) is 10.2. The average molecular weight is 198 g/mol. The van der Waals surface area contributed by atoms with E-state index in [9.17, 15) is 0 Å². The molecule has 0 spiro atoms. The van der Waals surface area contributed by atoms with E-state index in [-0.39, 0.29) is 0 Å². The van der Waals surface area contributed by atoms with Crippen molar-refractivity contribution in [3.8, 4) is 0 Å². The number of nitrogens with two attached hydrogens (primary N) is 1. The Hall–Kier alpha value is -0.0800. The molecule has 0 aliphatic carbocycles. The van der Waals surface area contributed by atoms with Gasteiger partial charge < -0.3 is 5.73 Å². The number of likely N-dealkylation sites (tertiary alicyclic amines) is 1. The SMILES string of the molecule is CC(C)CC(C(C)C)N1CCC(N)C1. The summed E-state index contributed by atoms with van der Waals surface area (Å²) in [6.07, 6.45) is 2.49. The van der Waals surface area contributed by atoms with E-state index in [4.69, 9.17) is 5.73 Å². The summed E-state index contributed by atoms with van der Waals surface area (Å²) in [6, 6.07) is 1.16. The van der Waals surface area contributed by atoms with Crippen LogP contribution in [0.2, 0.25) is 0 Å². The monoisotopic (exact) mass is 198 g/mol. The van der Waals surface area contributed by atoms with Crippen molar-refractivity contribution in [2.24, 2.45) is 17.6 Å². The molecule has 0 aromatic heterocycles. The second-order valence-corrected chi connectivity index (χ2v) is 5.48. The van der Waals surface area contributed by atoms with Crippen molar-refractivity contribution in [1.82, 2.24) is 4.90 Å². The molecule has 0 bridgehead atoms. The minimum Gasteiger partial charge on any atom is -0.326 e. The molecule has 0 aromatic rings. The van der Waals surface area contributed by atoms with Gasteiger partial charge >= 0.3 is 0 Å². The molecule has 2 atom stereocenters. The van der Waals surface area contributed by atoms with Crippen LogP contribution >= 0.6 is 0 Å². The Kier molecular flexibility index (Phi) is 4.39. The molecule has 1 heterocycles. The summed E-state index contributed by atoms with van der Waals surface area (Å²) in [7, 11) is 0. The quantitative estimate of drug-likeness (QED) is 0.749. The Balaban J connectivity index is 2.50. The van der Waals surface area contributed by atoms with Crippen LogP contribution in [0.4, 0.5) is 0 Å². The van der Waals surface area contributed by atoms with Gasteiger partial charge in [-0.05, 0) is 24.7 Å². The van der Waals surface area contributed by atoms with Crippen molar-refractivity contribution in [2.75, 3.05) is 13.1 Å². The second-order valence-electron chi connectivity index (χ2n) is 5.48. The molecule has 2 heteroatoms. The van der Waals surface area contributed by atoms with Gasteiger partial charge in [-0.3, -0.25) is 4.90 Å². The minimum absolute atomic E-state index is 0.420. The molecule has 84 valence electrons. The molecule has 0 radical (unpaired) electrons. The van der Waals surface area contributed by atoms with Crippen LogP contribution in [0.3, 0.4) is 0 Å². The van der Waals surface area contributed by atoms with Gasteiger partial charge in [-0.25, -0.2) is 0 Å². The molecule has 0 amide bonds. The van der Waals surface area contributed by atoms with E-state index in [1.165, 1.54) is 19.4 Å². The second kappa shape index (κ2) is 5.13. The van der Waals surface area contributed by atoms with Gasteiger partial charge in [0.05, 0.1) is 0 Å². The van der Waals surface area contributed by atoms with Crippen molar-refractivity contribution in [3.63, 3.8) is 0 Å². The normalized spacial score (nSPS) is 26.4. The standard InChI is InChI=1S/C12H26N2/c1-9(2)7-12(10(3)4)14-6-5-11(13)8-14/h9-12H,5-8,13H2,1-4H3. The summed E-state index contributed by atoms with van der Waals surface area (Å²) in [5.41, 5.74) is 5.95. The highest BCUT2D eigenvalue weighted by molar-refractivity contribution is 4.85. The molecule has 14 heavy (non-hydrogen) atoms.